The van der Waals surface area contributed by atoms with Gasteiger partial charge in [-0.1, -0.05) is 0 Å². The Morgan fingerprint density at radius 3 is 2.68 bits per heavy atom. The molecule has 1 amide bonds. The Balaban J connectivity index is 2.26. The van der Waals surface area contributed by atoms with Gasteiger partial charge in [-0.25, -0.2) is 0 Å². The second-order valence-corrected chi connectivity index (χ2v) is 5.72. The molecule has 0 bridgehead atoms. The van der Waals surface area contributed by atoms with E-state index in [9.17, 15) is 14.4 Å². The van der Waals surface area contributed by atoms with Crippen molar-refractivity contribution >= 4 is 16.9 Å². The normalized spacial score (nSPS) is 12.2. The highest BCUT2D eigenvalue weighted by atomic mass is 16.5. The van der Waals surface area contributed by atoms with Gasteiger partial charge >= 0.3 is 0 Å². The highest BCUT2D eigenvalue weighted by molar-refractivity contribution is 5.80. The van der Waals surface area contributed by atoms with Crippen LogP contribution in [0.15, 0.2) is 38.5 Å². The molecule has 8 nitrogen and oxygen atoms in total. The zero-order valence-corrected chi connectivity index (χ0v) is 13.7. The van der Waals surface area contributed by atoms with E-state index >= 15 is 0 Å². The lowest BCUT2D eigenvalue weighted by Crippen LogP contribution is -2.24. The minimum atomic E-state index is -0.806. The lowest BCUT2D eigenvalue weighted by atomic mass is 9.89. The minimum absolute atomic E-state index is 0.188. The van der Waals surface area contributed by atoms with Crippen LogP contribution in [-0.2, 0) is 4.79 Å². The summed E-state index contributed by atoms with van der Waals surface area (Å²) in [6.45, 7) is 1.67. The summed E-state index contributed by atoms with van der Waals surface area (Å²) >= 11 is 0. The number of hydrogen-bond acceptors (Lipinski definition) is 5. The van der Waals surface area contributed by atoms with Gasteiger partial charge in [-0.2, -0.15) is 0 Å². The molecule has 0 aliphatic heterocycles. The smallest absolute Gasteiger partial charge is 0.267 e. The van der Waals surface area contributed by atoms with Crippen molar-refractivity contribution in [3.63, 3.8) is 0 Å². The fourth-order valence-corrected chi connectivity index (χ4v) is 2.94. The fourth-order valence-electron chi connectivity index (χ4n) is 2.94. The van der Waals surface area contributed by atoms with Crippen LogP contribution in [0.25, 0.3) is 11.0 Å². The molecule has 0 saturated heterocycles. The number of aryl methyl sites for hydroxylation is 1. The van der Waals surface area contributed by atoms with Gasteiger partial charge in [0.15, 0.2) is 5.43 Å². The van der Waals surface area contributed by atoms with Gasteiger partial charge in [-0.3, -0.25) is 19.5 Å². The molecule has 8 heteroatoms. The third-order valence-corrected chi connectivity index (χ3v) is 4.15. The van der Waals surface area contributed by atoms with E-state index in [1.54, 1.807) is 25.1 Å². The molecule has 130 valence electrons. The van der Waals surface area contributed by atoms with E-state index < -0.39 is 17.4 Å². The predicted octanol–water partition coefficient (Wildman–Crippen LogP) is 1.13. The zero-order chi connectivity index (χ0) is 18.1. The lowest BCUT2D eigenvalue weighted by molar-refractivity contribution is -0.118. The van der Waals surface area contributed by atoms with Gasteiger partial charge in [0, 0.05) is 29.2 Å². The molecule has 0 fully saturated rings. The first-order valence-electron chi connectivity index (χ1n) is 7.57. The van der Waals surface area contributed by atoms with Gasteiger partial charge in [0.05, 0.1) is 18.8 Å². The Hall–Kier alpha value is -3.29. The van der Waals surface area contributed by atoms with Crippen molar-refractivity contribution < 1.29 is 13.9 Å². The maximum Gasteiger partial charge on any atom is 0.267 e. The van der Waals surface area contributed by atoms with E-state index in [1.807, 2.05) is 0 Å². The maximum atomic E-state index is 12.9. The van der Waals surface area contributed by atoms with Crippen LogP contribution in [0.2, 0.25) is 0 Å². The monoisotopic (exact) mass is 343 g/mol. The quantitative estimate of drug-likeness (QED) is 0.639. The Labute approximate surface area is 141 Å². The first-order chi connectivity index (χ1) is 11.9. The summed E-state index contributed by atoms with van der Waals surface area (Å²) in [5, 5.41) is 5.44. The van der Waals surface area contributed by atoms with Crippen LogP contribution in [0.5, 0.6) is 5.75 Å². The van der Waals surface area contributed by atoms with Crippen LogP contribution in [-0.4, -0.2) is 23.2 Å². The molecule has 4 N–H and O–H groups in total. The van der Waals surface area contributed by atoms with Crippen molar-refractivity contribution in [2.45, 2.75) is 19.3 Å². The standard InChI is InChI=1S/C17H17N3O5/c1-8-15(17(23)20-19-8)10(6-14(18)21)12-7-25-13-4-3-9(24-2)5-11(13)16(12)22/h3-5,7,10H,6H2,1-2H3,(H2,18,21)(H2,19,20,23)/t10-/m1/s1. The molecule has 3 rings (SSSR count). The Kier molecular flexibility index (Phi) is 4.18. The third kappa shape index (κ3) is 2.93. The first kappa shape index (κ1) is 16.6. The lowest BCUT2D eigenvalue weighted by Gasteiger charge is -2.14. The van der Waals surface area contributed by atoms with Crippen LogP contribution in [0.1, 0.15) is 29.2 Å². The summed E-state index contributed by atoms with van der Waals surface area (Å²) in [4.78, 5) is 36.6. The number of fused-ring (bicyclic) bond motifs is 1. The van der Waals surface area contributed by atoms with Gasteiger partial charge in [-0.15, -0.1) is 0 Å². The van der Waals surface area contributed by atoms with Gasteiger partial charge < -0.3 is 20.0 Å². The number of benzene rings is 1. The van der Waals surface area contributed by atoms with Crippen LogP contribution in [0, 0.1) is 6.92 Å². The van der Waals surface area contributed by atoms with Crippen LogP contribution in [0.4, 0.5) is 0 Å². The fraction of sp³-hybridized carbons (Fsp3) is 0.235. The molecule has 2 heterocycles. The highest BCUT2D eigenvalue weighted by Crippen LogP contribution is 2.27. The van der Waals surface area contributed by atoms with Crippen molar-refractivity contribution in [1.82, 2.24) is 10.2 Å². The Morgan fingerprint density at radius 2 is 2.08 bits per heavy atom. The molecule has 0 aliphatic carbocycles. The molecule has 1 atom stereocenters. The topological polar surface area (TPSA) is 131 Å². The molecule has 0 aliphatic rings. The number of primary amides is 1. The van der Waals surface area contributed by atoms with E-state index in [4.69, 9.17) is 14.9 Å². The highest BCUT2D eigenvalue weighted by Gasteiger charge is 2.26. The number of H-pyrrole nitrogens is 2. The number of methoxy groups -OCH3 is 1. The average Bonchev–Trinajstić information content (AvgIpc) is 2.92. The molecular weight excluding hydrogens is 326 g/mol. The Morgan fingerprint density at radius 1 is 1.32 bits per heavy atom. The molecule has 0 saturated carbocycles. The molecule has 2 aromatic heterocycles. The summed E-state index contributed by atoms with van der Waals surface area (Å²) in [5.74, 6) is -0.937. The summed E-state index contributed by atoms with van der Waals surface area (Å²) in [6.07, 6.45) is 1.08. The zero-order valence-electron chi connectivity index (χ0n) is 13.7. The molecule has 1 aromatic carbocycles. The van der Waals surface area contributed by atoms with Gasteiger partial charge in [0.25, 0.3) is 5.56 Å². The number of carbonyl (C=O) groups excluding carboxylic acids is 1. The van der Waals surface area contributed by atoms with Crippen molar-refractivity contribution in [2.75, 3.05) is 7.11 Å². The predicted molar refractivity (Wildman–Crippen MR) is 90.8 cm³/mol. The second kappa shape index (κ2) is 6.31. The van der Waals surface area contributed by atoms with E-state index in [-0.39, 0.29) is 23.0 Å². The number of ether oxygens (including phenoxy) is 1. The number of nitrogens with two attached hydrogens (primary N) is 1. The van der Waals surface area contributed by atoms with Crippen molar-refractivity contribution in [2.24, 2.45) is 5.73 Å². The maximum absolute atomic E-state index is 12.9. The molecular formula is C17H17N3O5. The summed E-state index contributed by atoms with van der Waals surface area (Å²) in [7, 11) is 1.49. The Bertz CT molecular complexity index is 1060. The number of rotatable bonds is 5. The van der Waals surface area contributed by atoms with Crippen molar-refractivity contribution in [1.29, 1.82) is 0 Å². The van der Waals surface area contributed by atoms with E-state index in [2.05, 4.69) is 10.2 Å². The minimum Gasteiger partial charge on any atom is -0.497 e. The molecule has 0 unspecified atom stereocenters. The van der Waals surface area contributed by atoms with Crippen molar-refractivity contribution in [3.05, 3.63) is 61.9 Å². The van der Waals surface area contributed by atoms with Gasteiger partial charge in [-0.05, 0) is 25.1 Å². The number of amides is 1. The molecule has 0 spiro atoms. The summed E-state index contributed by atoms with van der Waals surface area (Å²) < 4.78 is 10.7. The number of aromatic amines is 2. The molecule has 3 aromatic rings. The number of hydrogen-bond donors (Lipinski definition) is 3. The van der Waals surface area contributed by atoms with E-state index in [0.717, 1.165) is 0 Å². The first-order valence-corrected chi connectivity index (χ1v) is 7.57. The molecule has 25 heavy (non-hydrogen) atoms. The van der Waals surface area contributed by atoms with Crippen LogP contribution >= 0.6 is 0 Å². The third-order valence-electron chi connectivity index (χ3n) is 4.15. The summed E-state index contributed by atoms with van der Waals surface area (Å²) in [5.41, 5.74) is 5.97. The van der Waals surface area contributed by atoms with Crippen molar-refractivity contribution in [3.8, 4) is 5.75 Å². The summed E-state index contributed by atoms with van der Waals surface area (Å²) in [6, 6.07) is 4.85. The van der Waals surface area contributed by atoms with E-state index in [1.165, 1.54) is 13.4 Å². The van der Waals surface area contributed by atoms with E-state index in [0.29, 0.717) is 22.4 Å². The number of nitrogens with one attached hydrogen (secondary N) is 2. The van der Waals surface area contributed by atoms with Crippen LogP contribution < -0.4 is 21.5 Å². The number of carbonyl (C=O) groups is 1. The number of aromatic nitrogens is 2. The second-order valence-electron chi connectivity index (χ2n) is 5.72. The van der Waals surface area contributed by atoms with Crippen LogP contribution in [0.3, 0.4) is 0 Å². The van der Waals surface area contributed by atoms with Gasteiger partial charge in [0.1, 0.15) is 11.3 Å². The van der Waals surface area contributed by atoms with Gasteiger partial charge in [0.2, 0.25) is 5.91 Å². The largest absolute Gasteiger partial charge is 0.497 e. The average molecular weight is 343 g/mol. The SMILES string of the molecule is COc1ccc2occ([C@@H](CC(N)=O)c3c(C)[nH][nH]c3=O)c(=O)c2c1. The molecule has 0 radical (unpaired) electrons.